The van der Waals surface area contributed by atoms with Crippen LogP contribution in [0.15, 0.2) is 24.3 Å². The van der Waals surface area contributed by atoms with Crippen LogP contribution in [-0.2, 0) is 11.3 Å². The van der Waals surface area contributed by atoms with Crippen molar-refractivity contribution >= 4 is 5.91 Å². The van der Waals surface area contributed by atoms with Crippen LogP contribution in [-0.4, -0.2) is 18.6 Å². The molecule has 0 heterocycles. The van der Waals surface area contributed by atoms with Crippen molar-refractivity contribution < 1.29 is 9.53 Å². The van der Waals surface area contributed by atoms with Crippen LogP contribution < -0.4 is 15.8 Å². The summed E-state index contributed by atoms with van der Waals surface area (Å²) in [5.41, 5.74) is 6.87. The van der Waals surface area contributed by atoms with Gasteiger partial charge in [0.25, 0.3) is 0 Å². The lowest BCUT2D eigenvalue weighted by atomic mass is 10.1. The van der Waals surface area contributed by atoms with Crippen LogP contribution >= 0.6 is 0 Å². The van der Waals surface area contributed by atoms with Crippen LogP contribution in [0.2, 0.25) is 0 Å². The zero-order chi connectivity index (χ0) is 14.1. The number of benzene rings is 1. The van der Waals surface area contributed by atoms with Crippen LogP contribution in [0.25, 0.3) is 0 Å². The molecule has 0 aliphatic heterocycles. The molecule has 0 aliphatic carbocycles. The average Bonchev–Trinajstić information content (AvgIpc) is 2.37. The molecule has 0 spiro atoms. The van der Waals surface area contributed by atoms with Crippen molar-refractivity contribution in [3.63, 3.8) is 0 Å². The minimum atomic E-state index is -0.0419. The summed E-state index contributed by atoms with van der Waals surface area (Å²) in [5.74, 6) is 0.833. The van der Waals surface area contributed by atoms with Crippen molar-refractivity contribution in [1.82, 2.24) is 5.32 Å². The maximum atomic E-state index is 11.7. The van der Waals surface area contributed by atoms with Gasteiger partial charge in [-0.25, -0.2) is 0 Å². The van der Waals surface area contributed by atoms with Crippen LogP contribution in [0.1, 0.15) is 38.7 Å². The average molecular weight is 264 g/mol. The van der Waals surface area contributed by atoms with E-state index in [-0.39, 0.29) is 11.9 Å². The van der Waals surface area contributed by atoms with E-state index < -0.39 is 0 Å². The Balaban J connectivity index is 2.39. The first-order valence-electron chi connectivity index (χ1n) is 6.89. The lowest BCUT2D eigenvalue weighted by Gasteiger charge is -2.11. The molecule has 3 N–H and O–H groups in total. The second kappa shape index (κ2) is 8.53. The molecule has 1 rings (SSSR count). The number of amides is 1. The van der Waals surface area contributed by atoms with Gasteiger partial charge in [-0.2, -0.15) is 0 Å². The van der Waals surface area contributed by atoms with Crippen molar-refractivity contribution in [3.05, 3.63) is 29.8 Å². The van der Waals surface area contributed by atoms with Gasteiger partial charge in [-0.05, 0) is 31.0 Å². The summed E-state index contributed by atoms with van der Waals surface area (Å²) in [6, 6.07) is 7.70. The highest BCUT2D eigenvalue weighted by Crippen LogP contribution is 2.13. The molecule has 0 radical (unpaired) electrons. The lowest BCUT2D eigenvalue weighted by Crippen LogP contribution is -2.31. The van der Waals surface area contributed by atoms with Gasteiger partial charge < -0.3 is 15.8 Å². The highest BCUT2D eigenvalue weighted by Gasteiger charge is 2.08. The first kappa shape index (κ1) is 15.5. The smallest absolute Gasteiger partial charge is 0.221 e. The van der Waals surface area contributed by atoms with E-state index in [1.165, 1.54) is 0 Å². The van der Waals surface area contributed by atoms with E-state index >= 15 is 0 Å². The third-order valence-electron chi connectivity index (χ3n) is 2.81. The second-order valence-electron chi connectivity index (χ2n) is 4.61. The molecule has 0 bridgehead atoms. The molecule has 1 aromatic carbocycles. The molecule has 0 aliphatic rings. The summed E-state index contributed by atoms with van der Waals surface area (Å²) >= 11 is 0. The fourth-order valence-electron chi connectivity index (χ4n) is 1.90. The largest absolute Gasteiger partial charge is 0.494 e. The Morgan fingerprint density at radius 1 is 1.42 bits per heavy atom. The fraction of sp³-hybridized carbons (Fsp3) is 0.533. The standard InChI is InChI=1S/C15H24N2O2/c1-3-6-13(16)10-15(18)17-11-12-7-5-8-14(9-12)19-4-2/h5,7-9,13H,3-4,6,10-11,16H2,1-2H3,(H,17,18). The number of carbonyl (C=O) groups is 1. The molecule has 0 saturated carbocycles. The zero-order valence-corrected chi connectivity index (χ0v) is 11.8. The van der Waals surface area contributed by atoms with Crippen LogP contribution in [0.3, 0.4) is 0 Å². The molecule has 4 nitrogen and oxygen atoms in total. The highest BCUT2D eigenvalue weighted by molar-refractivity contribution is 5.76. The summed E-state index contributed by atoms with van der Waals surface area (Å²) in [6.07, 6.45) is 2.27. The summed E-state index contributed by atoms with van der Waals surface area (Å²) < 4.78 is 5.42. The van der Waals surface area contributed by atoms with Crippen LogP contribution in [0.4, 0.5) is 0 Å². The number of nitrogens with two attached hydrogens (primary N) is 1. The topological polar surface area (TPSA) is 64.4 Å². The Labute approximate surface area is 115 Å². The summed E-state index contributed by atoms with van der Waals surface area (Å²) in [7, 11) is 0. The normalized spacial score (nSPS) is 11.9. The maximum absolute atomic E-state index is 11.7. The Morgan fingerprint density at radius 3 is 2.89 bits per heavy atom. The molecule has 19 heavy (non-hydrogen) atoms. The molecule has 1 aromatic rings. The fourth-order valence-corrected chi connectivity index (χ4v) is 1.90. The summed E-state index contributed by atoms with van der Waals surface area (Å²) in [4.78, 5) is 11.7. The molecule has 1 atom stereocenters. The minimum absolute atomic E-state index is 0.00256. The molecule has 0 fully saturated rings. The van der Waals surface area contributed by atoms with Gasteiger partial charge in [0.2, 0.25) is 5.91 Å². The predicted octanol–water partition coefficient (Wildman–Crippen LogP) is 2.22. The Bertz CT molecular complexity index is 393. The molecule has 106 valence electrons. The number of carbonyl (C=O) groups excluding carboxylic acids is 1. The van der Waals surface area contributed by atoms with Crippen molar-refractivity contribution in [3.8, 4) is 5.75 Å². The number of rotatable bonds is 8. The van der Waals surface area contributed by atoms with E-state index in [2.05, 4.69) is 12.2 Å². The first-order valence-corrected chi connectivity index (χ1v) is 6.89. The van der Waals surface area contributed by atoms with Crippen LogP contribution in [0, 0.1) is 0 Å². The van der Waals surface area contributed by atoms with E-state index in [1.807, 2.05) is 31.2 Å². The molecule has 0 saturated heterocycles. The third kappa shape index (κ3) is 6.25. The third-order valence-corrected chi connectivity index (χ3v) is 2.81. The monoisotopic (exact) mass is 264 g/mol. The number of hydrogen-bond acceptors (Lipinski definition) is 3. The van der Waals surface area contributed by atoms with Gasteiger partial charge in [0.1, 0.15) is 5.75 Å². The van der Waals surface area contributed by atoms with Crippen molar-refractivity contribution in [2.45, 2.75) is 45.7 Å². The molecule has 1 unspecified atom stereocenters. The Morgan fingerprint density at radius 2 is 2.21 bits per heavy atom. The van der Waals surface area contributed by atoms with Gasteiger partial charge in [0.15, 0.2) is 0 Å². The van der Waals surface area contributed by atoms with E-state index in [1.54, 1.807) is 0 Å². The molecular weight excluding hydrogens is 240 g/mol. The van der Waals surface area contributed by atoms with Gasteiger partial charge in [-0.3, -0.25) is 4.79 Å². The molecular formula is C15H24N2O2. The van der Waals surface area contributed by atoms with Crippen molar-refractivity contribution in [2.75, 3.05) is 6.61 Å². The van der Waals surface area contributed by atoms with Crippen molar-refractivity contribution in [1.29, 1.82) is 0 Å². The molecule has 0 aromatic heterocycles. The molecule has 4 heteroatoms. The van der Waals surface area contributed by atoms with Crippen molar-refractivity contribution in [2.24, 2.45) is 5.73 Å². The van der Waals surface area contributed by atoms with E-state index in [4.69, 9.17) is 10.5 Å². The minimum Gasteiger partial charge on any atom is -0.494 e. The van der Waals surface area contributed by atoms with E-state index in [9.17, 15) is 4.79 Å². The molecule has 1 amide bonds. The highest BCUT2D eigenvalue weighted by atomic mass is 16.5. The van der Waals surface area contributed by atoms with Gasteiger partial charge in [-0.1, -0.05) is 25.5 Å². The Hall–Kier alpha value is -1.55. The van der Waals surface area contributed by atoms with Gasteiger partial charge in [0.05, 0.1) is 6.61 Å². The Kier molecular flexibility index (Phi) is 6.97. The first-order chi connectivity index (χ1) is 9.15. The maximum Gasteiger partial charge on any atom is 0.221 e. The number of ether oxygens (including phenoxy) is 1. The quantitative estimate of drug-likeness (QED) is 0.756. The van der Waals surface area contributed by atoms with Gasteiger partial charge in [-0.15, -0.1) is 0 Å². The van der Waals surface area contributed by atoms with Gasteiger partial charge in [0, 0.05) is 19.0 Å². The predicted molar refractivity (Wildman–Crippen MR) is 77.0 cm³/mol. The SMILES string of the molecule is CCCC(N)CC(=O)NCc1cccc(OCC)c1. The lowest BCUT2D eigenvalue weighted by molar-refractivity contribution is -0.121. The van der Waals surface area contributed by atoms with E-state index in [0.717, 1.165) is 24.2 Å². The summed E-state index contributed by atoms with van der Waals surface area (Å²) in [6.45, 7) is 5.17. The second-order valence-corrected chi connectivity index (χ2v) is 4.61. The number of hydrogen-bond donors (Lipinski definition) is 2. The summed E-state index contributed by atoms with van der Waals surface area (Å²) in [5, 5.41) is 2.88. The van der Waals surface area contributed by atoms with E-state index in [0.29, 0.717) is 19.6 Å². The number of nitrogens with one attached hydrogen (secondary N) is 1. The zero-order valence-electron chi connectivity index (χ0n) is 11.8. The van der Waals surface area contributed by atoms with Gasteiger partial charge >= 0.3 is 0 Å². The van der Waals surface area contributed by atoms with Crippen LogP contribution in [0.5, 0.6) is 5.75 Å².